The zero-order valence-corrected chi connectivity index (χ0v) is 5.37. The minimum absolute atomic E-state index is 0.0440. The van der Waals surface area contributed by atoms with Crippen LogP contribution in [0.25, 0.3) is 0 Å². The quantitative estimate of drug-likeness (QED) is 0.321. The molecular formula is C5H9N3O2. The van der Waals surface area contributed by atoms with Crippen molar-refractivity contribution in [2.75, 3.05) is 13.1 Å². The van der Waals surface area contributed by atoms with Gasteiger partial charge in [0.1, 0.15) is 0 Å². The van der Waals surface area contributed by atoms with Gasteiger partial charge in [0.05, 0.1) is 5.92 Å². The maximum Gasteiger partial charge on any atom is 0.310 e. The van der Waals surface area contributed by atoms with Crippen molar-refractivity contribution in [3.8, 4) is 0 Å². The largest absolute Gasteiger partial charge is 0.481 e. The van der Waals surface area contributed by atoms with Gasteiger partial charge in [-0.1, -0.05) is 0 Å². The first-order valence-corrected chi connectivity index (χ1v) is 2.93. The summed E-state index contributed by atoms with van der Waals surface area (Å²) in [4.78, 5) is 11.7. The summed E-state index contributed by atoms with van der Waals surface area (Å²) in [7, 11) is 0. The zero-order valence-electron chi connectivity index (χ0n) is 5.37. The fourth-order valence-corrected chi connectivity index (χ4v) is 0.831. The van der Waals surface area contributed by atoms with Gasteiger partial charge in [-0.2, -0.15) is 0 Å². The van der Waals surface area contributed by atoms with Gasteiger partial charge < -0.3 is 15.7 Å². The molecule has 1 saturated heterocycles. The summed E-state index contributed by atoms with van der Waals surface area (Å²) in [5.41, 5.74) is 5.08. The third-order valence-corrected chi connectivity index (χ3v) is 1.57. The van der Waals surface area contributed by atoms with E-state index in [4.69, 9.17) is 16.2 Å². The molecule has 1 fully saturated rings. The van der Waals surface area contributed by atoms with Gasteiger partial charge in [0.25, 0.3) is 0 Å². The first-order chi connectivity index (χ1) is 4.61. The second-order valence-corrected chi connectivity index (χ2v) is 2.33. The van der Waals surface area contributed by atoms with Crippen LogP contribution in [0.4, 0.5) is 0 Å². The molecule has 4 N–H and O–H groups in total. The van der Waals surface area contributed by atoms with Crippen molar-refractivity contribution in [3.05, 3.63) is 0 Å². The number of aliphatic carboxylic acids is 1. The molecule has 0 spiro atoms. The number of carboxylic acids is 1. The van der Waals surface area contributed by atoms with Gasteiger partial charge in [-0.15, -0.1) is 0 Å². The molecule has 0 radical (unpaired) electrons. The molecule has 0 atom stereocenters. The van der Waals surface area contributed by atoms with Gasteiger partial charge in [0.2, 0.25) is 0 Å². The predicted molar refractivity (Wildman–Crippen MR) is 34.6 cm³/mol. The molecule has 56 valence electrons. The number of hydrogen-bond donors (Lipinski definition) is 3. The van der Waals surface area contributed by atoms with Crippen molar-refractivity contribution in [1.82, 2.24) is 4.90 Å². The molecule has 5 heteroatoms. The summed E-state index contributed by atoms with van der Waals surface area (Å²) in [5.74, 6) is -1.18. The lowest BCUT2D eigenvalue weighted by atomic mass is 10.0. The number of likely N-dealkylation sites (tertiary alicyclic amines) is 1. The molecule has 0 amide bonds. The van der Waals surface area contributed by atoms with E-state index in [1.165, 1.54) is 4.90 Å². The third kappa shape index (κ3) is 1.02. The van der Waals surface area contributed by atoms with Gasteiger partial charge in [-0.3, -0.25) is 10.2 Å². The molecule has 5 nitrogen and oxygen atoms in total. The Kier molecular flexibility index (Phi) is 1.48. The topological polar surface area (TPSA) is 90.4 Å². The van der Waals surface area contributed by atoms with Crippen molar-refractivity contribution < 1.29 is 9.90 Å². The van der Waals surface area contributed by atoms with Crippen molar-refractivity contribution in [3.63, 3.8) is 0 Å². The van der Waals surface area contributed by atoms with Crippen LogP contribution in [0.5, 0.6) is 0 Å². The highest BCUT2D eigenvalue weighted by molar-refractivity contribution is 5.79. The average molecular weight is 143 g/mol. The number of carbonyl (C=O) groups is 1. The Morgan fingerprint density at radius 3 is 2.50 bits per heavy atom. The average Bonchev–Trinajstić information content (AvgIpc) is 1.56. The van der Waals surface area contributed by atoms with E-state index in [0.29, 0.717) is 13.1 Å². The smallest absolute Gasteiger partial charge is 0.310 e. The van der Waals surface area contributed by atoms with Crippen LogP contribution in [0.3, 0.4) is 0 Å². The minimum Gasteiger partial charge on any atom is -0.481 e. The minimum atomic E-state index is -0.808. The SMILES string of the molecule is N=C(N)N1CC(C(=O)O)C1. The van der Waals surface area contributed by atoms with E-state index in [-0.39, 0.29) is 11.9 Å². The van der Waals surface area contributed by atoms with E-state index in [2.05, 4.69) is 0 Å². The lowest BCUT2D eigenvalue weighted by Gasteiger charge is -2.36. The molecule has 1 heterocycles. The summed E-state index contributed by atoms with van der Waals surface area (Å²) in [6.07, 6.45) is 0. The highest BCUT2D eigenvalue weighted by Crippen LogP contribution is 2.13. The molecule has 0 aromatic rings. The summed E-state index contributed by atoms with van der Waals surface area (Å²) in [5, 5.41) is 15.3. The second kappa shape index (κ2) is 2.17. The molecule has 0 unspecified atom stereocenters. The molecule has 0 aromatic carbocycles. The summed E-state index contributed by atoms with van der Waals surface area (Å²) in [6, 6.07) is 0. The lowest BCUT2D eigenvalue weighted by Crippen LogP contribution is -2.55. The molecule has 1 aliphatic rings. The Bertz CT molecular complexity index is 156. The molecular weight excluding hydrogens is 134 g/mol. The van der Waals surface area contributed by atoms with E-state index >= 15 is 0 Å². The van der Waals surface area contributed by atoms with Gasteiger partial charge >= 0.3 is 5.97 Å². The van der Waals surface area contributed by atoms with Crippen molar-refractivity contribution >= 4 is 11.9 Å². The standard InChI is InChI=1S/C5H9N3O2/c6-5(7)8-1-3(2-8)4(9)10/h3H,1-2H2,(H3,6,7)(H,9,10). The number of nitrogens with one attached hydrogen (secondary N) is 1. The molecule has 1 rings (SSSR count). The molecule has 0 saturated carbocycles. The van der Waals surface area contributed by atoms with Crippen LogP contribution in [-0.2, 0) is 4.79 Å². The fourth-order valence-electron chi connectivity index (χ4n) is 0.831. The summed E-state index contributed by atoms with van der Waals surface area (Å²) < 4.78 is 0. The third-order valence-electron chi connectivity index (χ3n) is 1.57. The van der Waals surface area contributed by atoms with E-state index in [0.717, 1.165) is 0 Å². The second-order valence-electron chi connectivity index (χ2n) is 2.33. The molecule has 0 bridgehead atoms. The molecule has 10 heavy (non-hydrogen) atoms. The Morgan fingerprint density at radius 2 is 2.20 bits per heavy atom. The monoisotopic (exact) mass is 143 g/mol. The van der Waals surface area contributed by atoms with Crippen LogP contribution < -0.4 is 5.73 Å². The number of carboxylic acid groups (broad SMARTS) is 1. The predicted octanol–water partition coefficient (Wildman–Crippen LogP) is -1.10. The van der Waals surface area contributed by atoms with Gasteiger partial charge in [0.15, 0.2) is 5.96 Å². The van der Waals surface area contributed by atoms with Crippen LogP contribution in [0, 0.1) is 11.3 Å². The fraction of sp³-hybridized carbons (Fsp3) is 0.600. The summed E-state index contributed by atoms with van der Waals surface area (Å²) in [6.45, 7) is 0.759. The number of hydrogen-bond acceptors (Lipinski definition) is 2. The van der Waals surface area contributed by atoms with Crippen molar-refractivity contribution in [1.29, 1.82) is 5.41 Å². The number of guanidine groups is 1. The Balaban J connectivity index is 2.31. The maximum absolute atomic E-state index is 10.2. The Morgan fingerprint density at radius 1 is 1.70 bits per heavy atom. The van der Waals surface area contributed by atoms with Gasteiger partial charge in [-0.05, 0) is 0 Å². The summed E-state index contributed by atoms with van der Waals surface area (Å²) >= 11 is 0. The van der Waals surface area contributed by atoms with Crippen LogP contribution in [-0.4, -0.2) is 35.0 Å². The Labute approximate surface area is 57.9 Å². The van der Waals surface area contributed by atoms with Crippen LogP contribution in [0.1, 0.15) is 0 Å². The normalized spacial score (nSPS) is 18.2. The first kappa shape index (κ1) is 6.85. The van der Waals surface area contributed by atoms with E-state index in [1.807, 2.05) is 0 Å². The van der Waals surface area contributed by atoms with E-state index in [9.17, 15) is 4.79 Å². The highest BCUT2D eigenvalue weighted by atomic mass is 16.4. The maximum atomic E-state index is 10.2. The first-order valence-electron chi connectivity index (χ1n) is 2.93. The highest BCUT2D eigenvalue weighted by Gasteiger charge is 2.32. The number of nitrogens with zero attached hydrogens (tertiary/aromatic N) is 1. The number of nitrogens with two attached hydrogens (primary N) is 1. The molecule has 0 aliphatic carbocycles. The van der Waals surface area contributed by atoms with Crippen LogP contribution in [0.2, 0.25) is 0 Å². The lowest BCUT2D eigenvalue weighted by molar-refractivity contribution is -0.145. The zero-order chi connectivity index (χ0) is 7.72. The van der Waals surface area contributed by atoms with Gasteiger partial charge in [0, 0.05) is 13.1 Å². The van der Waals surface area contributed by atoms with Crippen molar-refractivity contribution in [2.24, 2.45) is 11.7 Å². The number of rotatable bonds is 1. The van der Waals surface area contributed by atoms with E-state index < -0.39 is 5.97 Å². The van der Waals surface area contributed by atoms with Crippen LogP contribution >= 0.6 is 0 Å². The van der Waals surface area contributed by atoms with E-state index in [1.54, 1.807) is 0 Å². The molecule has 0 aromatic heterocycles. The van der Waals surface area contributed by atoms with Gasteiger partial charge in [-0.25, -0.2) is 0 Å². The van der Waals surface area contributed by atoms with Crippen molar-refractivity contribution in [2.45, 2.75) is 0 Å². The Hall–Kier alpha value is -1.26. The van der Waals surface area contributed by atoms with Crippen LogP contribution in [0.15, 0.2) is 0 Å². The molecule has 1 aliphatic heterocycles.